The van der Waals surface area contributed by atoms with Gasteiger partial charge in [0.05, 0.1) is 19.9 Å². The highest BCUT2D eigenvalue weighted by molar-refractivity contribution is 6.35. The van der Waals surface area contributed by atoms with Crippen molar-refractivity contribution >= 4 is 29.6 Å². The van der Waals surface area contributed by atoms with E-state index in [1.165, 1.54) is 20.4 Å². The van der Waals surface area contributed by atoms with Crippen LogP contribution in [0.4, 0.5) is 0 Å². The maximum atomic E-state index is 11.6. The maximum Gasteiger partial charge on any atom is 0.329 e. The number of benzene rings is 2. The zero-order valence-corrected chi connectivity index (χ0v) is 16.9. The van der Waals surface area contributed by atoms with E-state index in [0.29, 0.717) is 35.3 Å². The molecule has 0 bridgehead atoms. The van der Waals surface area contributed by atoms with Crippen molar-refractivity contribution in [2.45, 2.75) is 6.61 Å². The standard InChI is InChI=1S/C20H22ClN3O5/c1-27-10-9-22-19(25)20(26)24-23-12-15-5-8-17(18(11-15)28-2)29-13-14-3-6-16(21)7-4-14/h3-8,11-12H,9-10,13H2,1-2H3,(H,22,25)(H,24,26)/b23-12-. The summed E-state index contributed by atoms with van der Waals surface area (Å²) in [4.78, 5) is 23.1. The normalized spacial score (nSPS) is 10.6. The maximum absolute atomic E-state index is 11.6. The van der Waals surface area contributed by atoms with Crippen molar-refractivity contribution in [1.82, 2.24) is 10.7 Å². The molecule has 0 saturated carbocycles. The number of amides is 2. The van der Waals surface area contributed by atoms with Crippen molar-refractivity contribution in [3.8, 4) is 11.5 Å². The van der Waals surface area contributed by atoms with Gasteiger partial charge < -0.3 is 19.5 Å². The molecule has 0 fully saturated rings. The molecule has 2 aromatic rings. The molecular formula is C20H22ClN3O5. The lowest BCUT2D eigenvalue weighted by Crippen LogP contribution is -2.39. The van der Waals surface area contributed by atoms with Gasteiger partial charge in [-0.05, 0) is 41.5 Å². The second-order valence-corrected chi connectivity index (χ2v) is 6.21. The lowest BCUT2D eigenvalue weighted by Gasteiger charge is -2.11. The van der Waals surface area contributed by atoms with Crippen LogP contribution in [0.1, 0.15) is 11.1 Å². The fourth-order valence-electron chi connectivity index (χ4n) is 2.19. The molecule has 0 aliphatic heterocycles. The first-order valence-electron chi connectivity index (χ1n) is 8.69. The van der Waals surface area contributed by atoms with Crippen molar-refractivity contribution < 1.29 is 23.8 Å². The van der Waals surface area contributed by atoms with Crippen LogP contribution < -0.4 is 20.2 Å². The van der Waals surface area contributed by atoms with Crippen molar-refractivity contribution in [2.24, 2.45) is 5.10 Å². The van der Waals surface area contributed by atoms with Crippen LogP contribution in [0.3, 0.4) is 0 Å². The number of carbonyl (C=O) groups excluding carboxylic acids is 2. The zero-order valence-electron chi connectivity index (χ0n) is 16.1. The molecule has 0 heterocycles. The molecule has 154 valence electrons. The second-order valence-electron chi connectivity index (χ2n) is 5.77. The fourth-order valence-corrected chi connectivity index (χ4v) is 2.31. The van der Waals surface area contributed by atoms with Crippen LogP contribution in [0.2, 0.25) is 5.02 Å². The molecule has 2 rings (SSSR count). The smallest absolute Gasteiger partial charge is 0.329 e. The van der Waals surface area contributed by atoms with Crippen LogP contribution in [-0.2, 0) is 20.9 Å². The number of halogens is 1. The zero-order chi connectivity index (χ0) is 21.1. The van der Waals surface area contributed by atoms with E-state index in [9.17, 15) is 9.59 Å². The Morgan fingerprint density at radius 1 is 1.07 bits per heavy atom. The molecule has 0 aliphatic carbocycles. The number of rotatable bonds is 9. The van der Waals surface area contributed by atoms with Gasteiger partial charge in [-0.25, -0.2) is 5.43 Å². The summed E-state index contributed by atoms with van der Waals surface area (Å²) in [6.45, 7) is 0.908. The van der Waals surface area contributed by atoms with Crippen molar-refractivity contribution in [2.75, 3.05) is 27.4 Å². The average Bonchev–Trinajstić information content (AvgIpc) is 2.73. The van der Waals surface area contributed by atoms with E-state index in [2.05, 4.69) is 15.8 Å². The second kappa shape index (κ2) is 11.7. The highest BCUT2D eigenvalue weighted by Gasteiger charge is 2.11. The van der Waals surface area contributed by atoms with Crippen LogP contribution in [0.15, 0.2) is 47.6 Å². The Balaban J connectivity index is 1.91. The van der Waals surface area contributed by atoms with Gasteiger partial charge >= 0.3 is 11.8 Å². The highest BCUT2D eigenvalue weighted by atomic mass is 35.5. The monoisotopic (exact) mass is 419 g/mol. The Kier molecular flexibility index (Phi) is 8.94. The third-order valence-electron chi connectivity index (χ3n) is 3.67. The molecule has 0 atom stereocenters. The van der Waals surface area contributed by atoms with Crippen molar-refractivity contribution in [1.29, 1.82) is 0 Å². The van der Waals surface area contributed by atoms with E-state index >= 15 is 0 Å². The Hall–Kier alpha value is -3.10. The predicted molar refractivity (Wildman–Crippen MR) is 109 cm³/mol. The highest BCUT2D eigenvalue weighted by Crippen LogP contribution is 2.28. The summed E-state index contributed by atoms with van der Waals surface area (Å²) in [5, 5.41) is 6.83. The first kappa shape index (κ1) is 22.2. The summed E-state index contributed by atoms with van der Waals surface area (Å²) in [6, 6.07) is 12.5. The van der Waals surface area contributed by atoms with Crippen molar-refractivity contribution in [3.05, 3.63) is 58.6 Å². The summed E-state index contributed by atoms with van der Waals surface area (Å²) in [5.41, 5.74) is 3.78. The minimum absolute atomic E-state index is 0.237. The van der Waals surface area contributed by atoms with Crippen LogP contribution >= 0.6 is 11.6 Å². The number of nitrogens with zero attached hydrogens (tertiary/aromatic N) is 1. The number of hydrogen-bond donors (Lipinski definition) is 2. The number of methoxy groups -OCH3 is 2. The molecule has 8 nitrogen and oxygen atoms in total. The van der Waals surface area contributed by atoms with Gasteiger partial charge in [0.15, 0.2) is 11.5 Å². The van der Waals surface area contributed by atoms with Crippen molar-refractivity contribution in [3.63, 3.8) is 0 Å². The number of hydrazone groups is 1. The Morgan fingerprint density at radius 3 is 2.52 bits per heavy atom. The molecule has 0 unspecified atom stereocenters. The van der Waals surface area contributed by atoms with Gasteiger partial charge in [-0.2, -0.15) is 5.10 Å². The molecule has 29 heavy (non-hydrogen) atoms. The first-order chi connectivity index (χ1) is 14.0. The van der Waals surface area contributed by atoms with Gasteiger partial charge in [-0.1, -0.05) is 23.7 Å². The molecule has 0 radical (unpaired) electrons. The SMILES string of the molecule is COCCNC(=O)C(=O)N/N=C\c1ccc(OCc2ccc(Cl)cc2)c(OC)c1. The summed E-state index contributed by atoms with van der Waals surface area (Å²) in [7, 11) is 3.02. The van der Waals surface area contributed by atoms with E-state index in [0.717, 1.165) is 5.56 Å². The summed E-state index contributed by atoms with van der Waals surface area (Å²) in [6.07, 6.45) is 1.39. The van der Waals surface area contributed by atoms with Gasteiger partial charge in [-0.15, -0.1) is 0 Å². The fraction of sp³-hybridized carbons (Fsp3) is 0.250. The van der Waals surface area contributed by atoms with Crippen LogP contribution in [0, 0.1) is 0 Å². The van der Waals surface area contributed by atoms with Gasteiger partial charge in [0.25, 0.3) is 0 Å². The Morgan fingerprint density at radius 2 is 1.83 bits per heavy atom. The molecule has 2 amide bonds. The van der Waals surface area contributed by atoms with Gasteiger partial charge in [-0.3, -0.25) is 9.59 Å². The Labute approximate surface area is 173 Å². The summed E-state index contributed by atoms with van der Waals surface area (Å²) >= 11 is 5.87. The number of ether oxygens (including phenoxy) is 3. The lowest BCUT2D eigenvalue weighted by molar-refractivity contribution is -0.139. The molecule has 2 aromatic carbocycles. The van der Waals surface area contributed by atoms with E-state index < -0.39 is 11.8 Å². The molecule has 2 N–H and O–H groups in total. The number of nitrogens with one attached hydrogen (secondary N) is 2. The van der Waals surface area contributed by atoms with Crippen LogP contribution in [-0.4, -0.2) is 45.4 Å². The van der Waals surface area contributed by atoms with Gasteiger partial charge in [0, 0.05) is 18.7 Å². The molecule has 0 aliphatic rings. The quantitative estimate of drug-likeness (QED) is 0.281. The lowest BCUT2D eigenvalue weighted by atomic mass is 10.2. The van der Waals surface area contributed by atoms with Crippen LogP contribution in [0.5, 0.6) is 11.5 Å². The third-order valence-corrected chi connectivity index (χ3v) is 3.92. The predicted octanol–water partition coefficient (Wildman–Crippen LogP) is 2.14. The van der Waals surface area contributed by atoms with Crippen LogP contribution in [0.25, 0.3) is 0 Å². The molecule has 0 saturated heterocycles. The van der Waals surface area contributed by atoms with E-state index in [4.69, 9.17) is 25.8 Å². The Bertz CT molecular complexity index is 856. The first-order valence-corrected chi connectivity index (χ1v) is 9.06. The summed E-state index contributed by atoms with van der Waals surface area (Å²) in [5.74, 6) is -0.595. The third kappa shape index (κ3) is 7.44. The molecular weight excluding hydrogens is 398 g/mol. The molecule has 0 aromatic heterocycles. The minimum atomic E-state index is -0.868. The topological polar surface area (TPSA) is 98.2 Å². The van der Waals surface area contributed by atoms with E-state index in [1.807, 2.05) is 12.1 Å². The van der Waals surface area contributed by atoms with Gasteiger partial charge in [0.2, 0.25) is 0 Å². The van der Waals surface area contributed by atoms with E-state index in [-0.39, 0.29) is 6.54 Å². The average molecular weight is 420 g/mol. The molecule has 9 heteroatoms. The largest absolute Gasteiger partial charge is 0.493 e. The van der Waals surface area contributed by atoms with Gasteiger partial charge in [0.1, 0.15) is 6.61 Å². The number of hydrogen-bond acceptors (Lipinski definition) is 6. The molecule has 0 spiro atoms. The number of carbonyl (C=O) groups is 2. The van der Waals surface area contributed by atoms with E-state index in [1.54, 1.807) is 30.3 Å². The minimum Gasteiger partial charge on any atom is -0.493 e. The summed E-state index contributed by atoms with van der Waals surface area (Å²) < 4.78 is 15.9.